The fourth-order valence-corrected chi connectivity index (χ4v) is 4.72. The molecule has 3 atom stereocenters. The van der Waals surface area contributed by atoms with E-state index in [4.69, 9.17) is 0 Å². The Labute approximate surface area is 247 Å². The van der Waals surface area contributed by atoms with Gasteiger partial charge in [0.25, 0.3) is 0 Å². The summed E-state index contributed by atoms with van der Waals surface area (Å²) in [5.41, 5.74) is 0. The molecule has 234 valence electrons. The minimum atomic E-state index is -1.12. The topological polar surface area (TPSA) is 89.8 Å². The molecule has 0 spiro atoms. The molecular weight excluding hydrogens is 498 g/mol. The second kappa shape index (κ2) is 30.5. The summed E-state index contributed by atoms with van der Waals surface area (Å²) in [6, 6.07) is -0.819. The van der Waals surface area contributed by atoms with Crippen LogP contribution in [0.15, 0.2) is 36.5 Å². The Hall–Kier alpha value is -1.43. The normalized spacial score (nSPS) is 14.4. The molecule has 0 bridgehead atoms. The summed E-state index contributed by atoms with van der Waals surface area (Å²) in [6.45, 7) is 4.11. The smallest absolute Gasteiger partial charge is 0.249 e. The molecule has 0 aromatic rings. The molecule has 0 aromatic carbocycles. The molecular formula is C35H65NO4. The largest absolute Gasteiger partial charge is 0.394 e. The Kier molecular flexibility index (Phi) is 29.4. The average molecular weight is 564 g/mol. The van der Waals surface area contributed by atoms with Crippen LogP contribution in [0.3, 0.4) is 0 Å². The zero-order valence-electron chi connectivity index (χ0n) is 26.2. The summed E-state index contributed by atoms with van der Waals surface area (Å²) >= 11 is 0. The second-order valence-corrected chi connectivity index (χ2v) is 11.4. The first-order chi connectivity index (χ1) is 19.6. The highest BCUT2D eigenvalue weighted by molar-refractivity contribution is 5.80. The lowest BCUT2D eigenvalue weighted by atomic mass is 10.1. The number of hydrogen-bond acceptors (Lipinski definition) is 4. The number of allylic oxidation sites excluding steroid dienone is 5. The third-order valence-corrected chi connectivity index (χ3v) is 7.45. The zero-order valence-corrected chi connectivity index (χ0v) is 26.2. The predicted molar refractivity (Wildman–Crippen MR) is 171 cm³/mol. The van der Waals surface area contributed by atoms with E-state index in [9.17, 15) is 20.1 Å². The molecule has 0 heterocycles. The lowest BCUT2D eigenvalue weighted by molar-refractivity contribution is -0.131. The minimum absolute atomic E-state index is 0.381. The summed E-state index contributed by atoms with van der Waals surface area (Å²) in [5, 5.41) is 32.8. The van der Waals surface area contributed by atoms with Crippen LogP contribution in [0.5, 0.6) is 0 Å². The van der Waals surface area contributed by atoms with E-state index in [2.05, 4.69) is 43.5 Å². The molecule has 5 heteroatoms. The number of amides is 1. The number of hydrogen-bond donors (Lipinski definition) is 4. The molecule has 0 aliphatic heterocycles. The van der Waals surface area contributed by atoms with Gasteiger partial charge in [0.05, 0.1) is 18.8 Å². The van der Waals surface area contributed by atoms with E-state index in [1.807, 2.05) is 6.08 Å². The maximum Gasteiger partial charge on any atom is 0.249 e. The van der Waals surface area contributed by atoms with Gasteiger partial charge in [-0.3, -0.25) is 4.79 Å². The minimum Gasteiger partial charge on any atom is -0.394 e. The first-order valence-corrected chi connectivity index (χ1v) is 16.8. The fraction of sp³-hybridized carbons (Fsp3) is 0.800. The van der Waals surface area contributed by atoms with E-state index >= 15 is 0 Å². The van der Waals surface area contributed by atoms with Crippen molar-refractivity contribution in [1.29, 1.82) is 0 Å². The molecule has 0 aliphatic rings. The third-order valence-electron chi connectivity index (χ3n) is 7.45. The van der Waals surface area contributed by atoms with Gasteiger partial charge in [0, 0.05) is 0 Å². The van der Waals surface area contributed by atoms with Gasteiger partial charge in [-0.25, -0.2) is 0 Å². The maximum atomic E-state index is 12.3. The number of carbonyl (C=O) groups is 1. The Bertz CT molecular complexity index is 631. The molecule has 0 rings (SSSR count). The highest BCUT2D eigenvalue weighted by Gasteiger charge is 2.22. The summed E-state index contributed by atoms with van der Waals surface area (Å²) in [5.74, 6) is -0.533. The number of aliphatic hydroxyl groups is 3. The van der Waals surface area contributed by atoms with Gasteiger partial charge in [-0.15, -0.1) is 0 Å². The summed E-state index contributed by atoms with van der Waals surface area (Å²) in [7, 11) is 0. The monoisotopic (exact) mass is 563 g/mol. The Morgan fingerprint density at radius 3 is 1.52 bits per heavy atom. The van der Waals surface area contributed by atoms with Crippen molar-refractivity contribution >= 4 is 5.91 Å². The van der Waals surface area contributed by atoms with Gasteiger partial charge in [0.1, 0.15) is 6.10 Å². The van der Waals surface area contributed by atoms with Crippen LogP contribution in [0, 0.1) is 0 Å². The molecule has 0 saturated carbocycles. The van der Waals surface area contributed by atoms with Crippen LogP contribution in [0.4, 0.5) is 0 Å². The highest BCUT2D eigenvalue weighted by atomic mass is 16.3. The number of unbranched alkanes of at least 4 members (excludes halogenated alkanes) is 17. The Morgan fingerprint density at radius 1 is 0.600 bits per heavy atom. The molecule has 0 fully saturated rings. The molecule has 4 N–H and O–H groups in total. The van der Waals surface area contributed by atoms with Crippen LogP contribution in [-0.4, -0.2) is 46.1 Å². The summed E-state index contributed by atoms with van der Waals surface area (Å²) in [6.07, 6.45) is 35.8. The van der Waals surface area contributed by atoms with E-state index in [-0.39, 0.29) is 6.61 Å². The molecule has 0 saturated heterocycles. The van der Waals surface area contributed by atoms with Gasteiger partial charge < -0.3 is 20.6 Å². The molecule has 1 amide bonds. The van der Waals surface area contributed by atoms with Crippen LogP contribution in [0.25, 0.3) is 0 Å². The average Bonchev–Trinajstić information content (AvgIpc) is 2.96. The van der Waals surface area contributed by atoms with E-state index in [1.54, 1.807) is 6.08 Å². The lowest BCUT2D eigenvalue weighted by Gasteiger charge is -2.21. The van der Waals surface area contributed by atoms with Gasteiger partial charge in [-0.2, -0.15) is 0 Å². The second-order valence-electron chi connectivity index (χ2n) is 11.4. The van der Waals surface area contributed by atoms with Crippen molar-refractivity contribution < 1.29 is 20.1 Å². The Morgan fingerprint density at radius 2 is 1.02 bits per heavy atom. The van der Waals surface area contributed by atoms with E-state index < -0.39 is 24.2 Å². The van der Waals surface area contributed by atoms with Gasteiger partial charge >= 0.3 is 0 Å². The zero-order chi connectivity index (χ0) is 29.5. The maximum absolute atomic E-state index is 12.3. The SMILES string of the molecule is CCCCCCCC/C=C\CCCCC(O)C(=O)NC(CO)C(O)/C=C/CC/C=C/CCCCCCCCCC. The van der Waals surface area contributed by atoms with Gasteiger partial charge in [-0.05, 0) is 57.8 Å². The number of nitrogens with one attached hydrogen (secondary N) is 1. The van der Waals surface area contributed by atoms with E-state index in [1.165, 1.54) is 89.9 Å². The van der Waals surface area contributed by atoms with Gasteiger partial charge in [0.2, 0.25) is 5.91 Å². The van der Waals surface area contributed by atoms with Crippen molar-refractivity contribution in [2.45, 2.75) is 173 Å². The number of carbonyl (C=O) groups excluding carboxylic acids is 1. The van der Waals surface area contributed by atoms with Crippen molar-refractivity contribution in [1.82, 2.24) is 5.32 Å². The van der Waals surface area contributed by atoms with Crippen molar-refractivity contribution in [2.75, 3.05) is 6.61 Å². The third kappa shape index (κ3) is 25.5. The lowest BCUT2D eigenvalue weighted by Crippen LogP contribution is -2.48. The highest BCUT2D eigenvalue weighted by Crippen LogP contribution is 2.11. The number of aliphatic hydroxyl groups excluding tert-OH is 3. The standard InChI is InChI=1S/C35H65NO4/c1-3-5-7-9-11-13-15-17-18-20-21-23-25-27-29-33(38)32(31-37)36-35(40)34(39)30-28-26-24-22-19-16-14-12-10-8-6-4-2/h19-22,27,29,32-34,37-39H,3-18,23-26,28,30-31H2,1-2H3,(H,36,40)/b21-20+,22-19-,29-27+. The quantitative estimate of drug-likeness (QED) is 0.0543. The molecule has 3 unspecified atom stereocenters. The Balaban J connectivity index is 3.89. The fourth-order valence-electron chi connectivity index (χ4n) is 4.72. The van der Waals surface area contributed by atoms with Crippen LogP contribution in [-0.2, 0) is 4.79 Å². The van der Waals surface area contributed by atoms with E-state index in [0.29, 0.717) is 6.42 Å². The van der Waals surface area contributed by atoms with Crippen molar-refractivity contribution in [3.63, 3.8) is 0 Å². The predicted octanol–water partition coefficient (Wildman–Crippen LogP) is 8.48. The molecule has 0 aromatic heterocycles. The molecule has 0 aliphatic carbocycles. The van der Waals surface area contributed by atoms with E-state index in [0.717, 1.165) is 44.9 Å². The summed E-state index contributed by atoms with van der Waals surface area (Å²) in [4.78, 5) is 12.3. The van der Waals surface area contributed by atoms with Crippen molar-refractivity contribution in [2.24, 2.45) is 0 Å². The van der Waals surface area contributed by atoms with Gasteiger partial charge in [-0.1, -0.05) is 134 Å². The van der Waals surface area contributed by atoms with Crippen LogP contribution in [0.2, 0.25) is 0 Å². The molecule has 0 radical (unpaired) electrons. The van der Waals surface area contributed by atoms with Gasteiger partial charge in [0.15, 0.2) is 0 Å². The van der Waals surface area contributed by atoms with Crippen LogP contribution in [0.1, 0.15) is 155 Å². The molecule has 40 heavy (non-hydrogen) atoms. The number of rotatable bonds is 29. The first kappa shape index (κ1) is 38.6. The summed E-state index contributed by atoms with van der Waals surface area (Å²) < 4.78 is 0. The van der Waals surface area contributed by atoms with Crippen molar-refractivity contribution in [3.8, 4) is 0 Å². The van der Waals surface area contributed by atoms with Crippen LogP contribution >= 0.6 is 0 Å². The molecule has 5 nitrogen and oxygen atoms in total. The van der Waals surface area contributed by atoms with Crippen molar-refractivity contribution in [3.05, 3.63) is 36.5 Å². The first-order valence-electron chi connectivity index (χ1n) is 16.8. The van der Waals surface area contributed by atoms with Crippen LogP contribution < -0.4 is 5.32 Å².